The van der Waals surface area contributed by atoms with Gasteiger partial charge in [-0.2, -0.15) is 0 Å². The fourth-order valence-electron chi connectivity index (χ4n) is 3.40. The largest absolute Gasteiger partial charge is 0.507 e. The molecule has 7 heteroatoms. The first kappa shape index (κ1) is 25.1. The standard InChI is InChI=1S/C16H12O4.C14H12O3/c17-16(18)15-8-12-6-7-13(9-14(12)20-15)19-10-11-4-2-1-3-5-11;15-9-12-6-7-13(8-14(12)16)17-10-11-4-2-1-3-5-11/h1-9H,10H2,(H,17,18);1-9,16H,10H2. The highest BCUT2D eigenvalue weighted by atomic mass is 16.5. The maximum absolute atomic E-state index is 10.8. The maximum atomic E-state index is 10.8. The van der Waals surface area contributed by atoms with E-state index < -0.39 is 5.97 Å². The fraction of sp³-hybridized carbons (Fsp3) is 0.0667. The normalized spacial score (nSPS) is 10.3. The van der Waals surface area contributed by atoms with E-state index in [9.17, 15) is 14.7 Å². The summed E-state index contributed by atoms with van der Waals surface area (Å²) in [6.07, 6.45) is 0.607. The van der Waals surface area contributed by atoms with Gasteiger partial charge < -0.3 is 24.1 Å². The molecule has 0 bridgehead atoms. The molecule has 5 aromatic rings. The molecular weight excluding hydrogens is 472 g/mol. The van der Waals surface area contributed by atoms with Crippen molar-refractivity contribution in [3.8, 4) is 17.2 Å². The molecule has 37 heavy (non-hydrogen) atoms. The lowest BCUT2D eigenvalue weighted by Crippen LogP contribution is -1.95. The molecule has 0 atom stereocenters. The van der Waals surface area contributed by atoms with Gasteiger partial charge in [0.1, 0.15) is 36.0 Å². The van der Waals surface area contributed by atoms with Gasteiger partial charge in [0.15, 0.2) is 6.29 Å². The number of aldehydes is 1. The Morgan fingerprint density at radius 2 is 1.32 bits per heavy atom. The highest BCUT2D eigenvalue weighted by Gasteiger charge is 2.11. The number of phenols is 1. The Morgan fingerprint density at radius 1 is 0.757 bits per heavy atom. The van der Waals surface area contributed by atoms with E-state index in [-0.39, 0.29) is 17.1 Å². The number of carboxylic acid groups (broad SMARTS) is 1. The van der Waals surface area contributed by atoms with Crippen LogP contribution in [0.15, 0.2) is 108 Å². The van der Waals surface area contributed by atoms with E-state index in [1.165, 1.54) is 18.2 Å². The van der Waals surface area contributed by atoms with E-state index in [0.29, 0.717) is 36.6 Å². The van der Waals surface area contributed by atoms with Gasteiger partial charge in [0.2, 0.25) is 5.76 Å². The van der Waals surface area contributed by atoms with Gasteiger partial charge in [-0.1, -0.05) is 60.7 Å². The lowest BCUT2D eigenvalue weighted by molar-refractivity contribution is 0.0664. The zero-order chi connectivity index (χ0) is 26.0. The number of furan rings is 1. The first-order valence-electron chi connectivity index (χ1n) is 11.4. The monoisotopic (exact) mass is 496 g/mol. The number of aromatic hydroxyl groups is 1. The third-order valence-electron chi connectivity index (χ3n) is 5.33. The van der Waals surface area contributed by atoms with Crippen LogP contribution >= 0.6 is 0 Å². The molecule has 1 aromatic heterocycles. The molecule has 0 unspecified atom stereocenters. The van der Waals surface area contributed by atoms with Gasteiger partial charge in [-0.05, 0) is 41.5 Å². The van der Waals surface area contributed by atoms with Crippen LogP contribution in [0.5, 0.6) is 17.2 Å². The van der Waals surface area contributed by atoms with Gasteiger partial charge in [-0.3, -0.25) is 4.79 Å². The van der Waals surface area contributed by atoms with Crippen molar-refractivity contribution in [2.75, 3.05) is 0 Å². The molecule has 0 saturated heterocycles. The lowest BCUT2D eigenvalue weighted by Gasteiger charge is -2.07. The van der Waals surface area contributed by atoms with Crippen LogP contribution in [0.3, 0.4) is 0 Å². The summed E-state index contributed by atoms with van der Waals surface area (Å²) in [6, 6.07) is 30.9. The summed E-state index contributed by atoms with van der Waals surface area (Å²) in [7, 11) is 0. The molecule has 2 N–H and O–H groups in total. The summed E-state index contributed by atoms with van der Waals surface area (Å²) in [5.74, 6) is -0.0247. The molecule has 5 rings (SSSR count). The number of carboxylic acids is 1. The Kier molecular flexibility index (Phi) is 8.18. The zero-order valence-corrected chi connectivity index (χ0v) is 19.7. The first-order valence-corrected chi connectivity index (χ1v) is 11.4. The number of phenolic OH excluding ortho intramolecular Hbond substituents is 1. The van der Waals surface area contributed by atoms with Crippen LogP contribution < -0.4 is 9.47 Å². The van der Waals surface area contributed by atoms with Crippen molar-refractivity contribution in [2.24, 2.45) is 0 Å². The van der Waals surface area contributed by atoms with E-state index in [2.05, 4.69) is 0 Å². The summed E-state index contributed by atoms with van der Waals surface area (Å²) in [6.45, 7) is 0.888. The predicted octanol–water partition coefficient (Wildman–Crippen LogP) is 6.49. The molecule has 0 radical (unpaired) electrons. The quantitative estimate of drug-likeness (QED) is 0.236. The topological polar surface area (TPSA) is 106 Å². The number of hydrogen-bond donors (Lipinski definition) is 2. The van der Waals surface area contributed by atoms with Crippen molar-refractivity contribution >= 4 is 23.2 Å². The molecule has 0 amide bonds. The van der Waals surface area contributed by atoms with E-state index in [0.717, 1.165) is 16.5 Å². The molecule has 0 aliphatic heterocycles. The third kappa shape index (κ3) is 6.99. The Bertz CT molecular complexity index is 1470. The van der Waals surface area contributed by atoms with Crippen LogP contribution in [-0.2, 0) is 13.2 Å². The highest BCUT2D eigenvalue weighted by molar-refractivity contribution is 5.91. The second-order valence-corrected chi connectivity index (χ2v) is 8.00. The second-order valence-electron chi connectivity index (χ2n) is 8.00. The number of benzene rings is 4. The van der Waals surface area contributed by atoms with Gasteiger partial charge in [0.25, 0.3) is 0 Å². The fourth-order valence-corrected chi connectivity index (χ4v) is 3.40. The van der Waals surface area contributed by atoms with Crippen LogP contribution in [0, 0.1) is 0 Å². The Morgan fingerprint density at radius 3 is 1.86 bits per heavy atom. The predicted molar refractivity (Wildman–Crippen MR) is 138 cm³/mol. The molecule has 0 fully saturated rings. The minimum absolute atomic E-state index is 0.0643. The van der Waals surface area contributed by atoms with Crippen LogP contribution in [0.4, 0.5) is 0 Å². The molecule has 186 valence electrons. The molecule has 0 aliphatic carbocycles. The van der Waals surface area contributed by atoms with Crippen molar-refractivity contribution in [1.82, 2.24) is 0 Å². The number of carbonyl (C=O) groups excluding carboxylic acids is 1. The van der Waals surface area contributed by atoms with E-state index in [1.807, 2.05) is 60.7 Å². The highest BCUT2D eigenvalue weighted by Crippen LogP contribution is 2.25. The maximum Gasteiger partial charge on any atom is 0.371 e. The molecule has 7 nitrogen and oxygen atoms in total. The van der Waals surface area contributed by atoms with Crippen molar-refractivity contribution in [3.05, 3.63) is 126 Å². The Balaban J connectivity index is 0.000000176. The van der Waals surface area contributed by atoms with E-state index in [1.54, 1.807) is 24.3 Å². The molecule has 0 aliphatic rings. The minimum Gasteiger partial charge on any atom is -0.507 e. The van der Waals surface area contributed by atoms with Crippen LogP contribution in [-0.4, -0.2) is 22.5 Å². The van der Waals surface area contributed by atoms with E-state index >= 15 is 0 Å². The van der Waals surface area contributed by atoms with Crippen LogP contribution in [0.25, 0.3) is 11.0 Å². The molecule has 1 heterocycles. The van der Waals surface area contributed by atoms with Gasteiger partial charge in [0.05, 0.1) is 5.56 Å². The summed E-state index contributed by atoms with van der Waals surface area (Å²) in [5.41, 5.74) is 2.88. The number of carbonyl (C=O) groups is 2. The average Bonchev–Trinajstić information content (AvgIpc) is 3.36. The average molecular weight is 497 g/mol. The van der Waals surface area contributed by atoms with Gasteiger partial charge in [-0.25, -0.2) is 4.79 Å². The number of ether oxygens (including phenoxy) is 2. The van der Waals surface area contributed by atoms with Crippen LogP contribution in [0.2, 0.25) is 0 Å². The van der Waals surface area contributed by atoms with Crippen LogP contribution in [0.1, 0.15) is 32.0 Å². The second kappa shape index (κ2) is 12.1. The third-order valence-corrected chi connectivity index (χ3v) is 5.33. The van der Waals surface area contributed by atoms with Gasteiger partial charge >= 0.3 is 5.97 Å². The number of aromatic carboxylic acids is 1. The van der Waals surface area contributed by atoms with Crippen molar-refractivity contribution < 1.29 is 33.7 Å². The molecule has 0 spiro atoms. The van der Waals surface area contributed by atoms with Crippen molar-refractivity contribution in [2.45, 2.75) is 13.2 Å². The summed E-state index contributed by atoms with van der Waals surface area (Å²) < 4.78 is 16.4. The molecule has 4 aromatic carbocycles. The lowest BCUT2D eigenvalue weighted by atomic mass is 10.2. The number of rotatable bonds is 8. The number of hydrogen-bond acceptors (Lipinski definition) is 6. The summed E-state index contributed by atoms with van der Waals surface area (Å²) in [5, 5.41) is 19.1. The first-order chi connectivity index (χ1) is 18.0. The zero-order valence-electron chi connectivity index (χ0n) is 19.7. The molecule has 0 saturated carbocycles. The minimum atomic E-state index is -1.08. The number of fused-ring (bicyclic) bond motifs is 1. The Hall–Kier alpha value is -5.04. The summed E-state index contributed by atoms with van der Waals surface area (Å²) >= 11 is 0. The van der Waals surface area contributed by atoms with Gasteiger partial charge in [-0.15, -0.1) is 0 Å². The Labute approximate surface area is 213 Å². The smallest absolute Gasteiger partial charge is 0.371 e. The summed E-state index contributed by atoms with van der Waals surface area (Å²) in [4.78, 5) is 21.4. The van der Waals surface area contributed by atoms with Gasteiger partial charge in [0, 0.05) is 17.5 Å². The van der Waals surface area contributed by atoms with Crippen molar-refractivity contribution in [3.63, 3.8) is 0 Å². The SMILES string of the molecule is O=C(O)c1cc2ccc(OCc3ccccc3)cc2o1.O=Cc1ccc(OCc2ccccc2)cc1O. The van der Waals surface area contributed by atoms with Crippen molar-refractivity contribution in [1.29, 1.82) is 0 Å². The molecular formula is C30H24O7. The van der Waals surface area contributed by atoms with E-state index in [4.69, 9.17) is 19.0 Å².